The van der Waals surface area contributed by atoms with Crippen molar-refractivity contribution in [2.24, 2.45) is 5.73 Å². The first-order chi connectivity index (χ1) is 18.5. The lowest BCUT2D eigenvalue weighted by atomic mass is 10.3. The maximum atomic E-state index is 13.1. The topological polar surface area (TPSA) is 186 Å². The number of rotatable bonds is 5. The number of nitrogens with zero attached hydrogens (tertiary/aromatic N) is 7. The molecule has 204 valence electrons. The summed E-state index contributed by atoms with van der Waals surface area (Å²) in [6, 6.07) is 5.31. The SMILES string of the molecule is NC(=O)c1nn(-c2ccncc2)cc1NC(=O)c1cnn2ccc(N3CCNCC3)nc12.O=C(O)C(F)(F)F. The van der Waals surface area contributed by atoms with E-state index in [1.54, 1.807) is 30.7 Å². The van der Waals surface area contributed by atoms with Crippen molar-refractivity contribution in [1.29, 1.82) is 0 Å². The average Bonchev–Trinajstić information content (AvgIpc) is 3.54. The van der Waals surface area contributed by atoms with Gasteiger partial charge < -0.3 is 26.4 Å². The Balaban J connectivity index is 0.000000448. The van der Waals surface area contributed by atoms with E-state index in [0.29, 0.717) is 11.3 Å². The number of aromatic nitrogens is 6. The van der Waals surface area contributed by atoms with Crippen molar-refractivity contribution in [3.63, 3.8) is 0 Å². The zero-order valence-corrected chi connectivity index (χ0v) is 20.0. The number of carbonyl (C=O) groups excluding carboxylic acids is 2. The highest BCUT2D eigenvalue weighted by Crippen LogP contribution is 2.20. The van der Waals surface area contributed by atoms with Gasteiger partial charge in [0, 0.05) is 44.8 Å². The third kappa shape index (κ3) is 6.27. The Labute approximate surface area is 217 Å². The largest absolute Gasteiger partial charge is 0.490 e. The minimum atomic E-state index is -5.08. The van der Waals surface area contributed by atoms with Gasteiger partial charge in [-0.15, -0.1) is 0 Å². The number of piperazine rings is 1. The Hall–Kier alpha value is -5.06. The van der Waals surface area contributed by atoms with Crippen molar-refractivity contribution < 1.29 is 32.7 Å². The molecule has 1 saturated heterocycles. The number of aliphatic carboxylic acids is 1. The van der Waals surface area contributed by atoms with E-state index in [4.69, 9.17) is 15.6 Å². The Morgan fingerprint density at radius 3 is 2.38 bits per heavy atom. The van der Waals surface area contributed by atoms with Crippen LogP contribution >= 0.6 is 0 Å². The van der Waals surface area contributed by atoms with Gasteiger partial charge in [-0.1, -0.05) is 0 Å². The monoisotopic (exact) mass is 546 g/mol. The number of alkyl halides is 3. The van der Waals surface area contributed by atoms with Gasteiger partial charge in [0.05, 0.1) is 23.8 Å². The van der Waals surface area contributed by atoms with Gasteiger partial charge in [0.1, 0.15) is 11.4 Å². The van der Waals surface area contributed by atoms with Gasteiger partial charge in [0.2, 0.25) is 0 Å². The summed E-state index contributed by atoms with van der Waals surface area (Å²) in [6.07, 6.45) is 2.85. The van der Waals surface area contributed by atoms with Crippen molar-refractivity contribution in [2.45, 2.75) is 6.18 Å². The lowest BCUT2D eigenvalue weighted by Crippen LogP contribution is -2.43. The molecule has 0 atom stereocenters. The van der Waals surface area contributed by atoms with Crippen LogP contribution in [0.25, 0.3) is 11.3 Å². The molecule has 0 unspecified atom stereocenters. The highest BCUT2D eigenvalue weighted by molar-refractivity contribution is 6.10. The van der Waals surface area contributed by atoms with Crippen LogP contribution in [0, 0.1) is 0 Å². The van der Waals surface area contributed by atoms with Gasteiger partial charge in [0.25, 0.3) is 11.8 Å². The summed E-state index contributed by atoms with van der Waals surface area (Å²) >= 11 is 0. The number of nitrogens with one attached hydrogen (secondary N) is 2. The molecule has 5 N–H and O–H groups in total. The van der Waals surface area contributed by atoms with Crippen molar-refractivity contribution >= 4 is 34.9 Å². The highest BCUT2D eigenvalue weighted by Gasteiger charge is 2.38. The lowest BCUT2D eigenvalue weighted by molar-refractivity contribution is -0.192. The second-order valence-corrected chi connectivity index (χ2v) is 8.01. The standard InChI is InChI=1S/C20H20N10O2.C2HF3O2/c21-18(31)17-15(12-30(27-17)13-1-4-22-5-2-13)25-20(32)14-11-24-29-8-3-16(26-19(14)29)28-9-6-23-7-10-28;3-2(4,5)1(6)7/h1-5,8,11-12,23H,6-7,9-10H2,(H2,21,31)(H,25,32);(H,6,7). The van der Waals surface area contributed by atoms with E-state index in [9.17, 15) is 22.8 Å². The molecule has 17 heteroatoms. The quantitative estimate of drug-likeness (QED) is 0.278. The minimum absolute atomic E-state index is 0.0545. The van der Waals surface area contributed by atoms with Crippen molar-refractivity contribution in [2.75, 3.05) is 36.4 Å². The van der Waals surface area contributed by atoms with Crippen LogP contribution in [-0.4, -0.2) is 84.6 Å². The number of fused-ring (bicyclic) bond motifs is 1. The average molecular weight is 546 g/mol. The Bertz CT molecular complexity index is 1500. The molecule has 0 bridgehead atoms. The first kappa shape index (κ1) is 27.0. The van der Waals surface area contributed by atoms with Crippen LogP contribution in [0.1, 0.15) is 20.8 Å². The number of amides is 2. The molecule has 1 aliphatic heterocycles. The van der Waals surface area contributed by atoms with Crippen LogP contribution < -0.4 is 21.3 Å². The first-order valence-electron chi connectivity index (χ1n) is 11.3. The van der Waals surface area contributed by atoms with Crippen LogP contribution in [0.2, 0.25) is 0 Å². The molecular weight excluding hydrogens is 525 g/mol. The molecule has 5 rings (SSSR count). The normalized spacial score (nSPS) is 13.5. The number of halogens is 3. The Morgan fingerprint density at radius 1 is 1.10 bits per heavy atom. The molecule has 5 heterocycles. The molecule has 4 aromatic heterocycles. The zero-order chi connectivity index (χ0) is 28.2. The van der Waals surface area contributed by atoms with Gasteiger partial charge in [-0.25, -0.2) is 19.0 Å². The Kier molecular flexibility index (Phi) is 7.70. The molecule has 0 radical (unpaired) electrons. The third-order valence-corrected chi connectivity index (χ3v) is 5.41. The number of carbonyl (C=O) groups is 3. The van der Waals surface area contributed by atoms with Gasteiger partial charge in [-0.2, -0.15) is 23.4 Å². The smallest absolute Gasteiger partial charge is 0.475 e. The van der Waals surface area contributed by atoms with E-state index < -0.39 is 24.0 Å². The molecule has 39 heavy (non-hydrogen) atoms. The second kappa shape index (κ2) is 11.1. The summed E-state index contributed by atoms with van der Waals surface area (Å²) in [5.74, 6) is -3.21. The van der Waals surface area contributed by atoms with Crippen LogP contribution in [0.4, 0.5) is 24.7 Å². The predicted octanol–water partition coefficient (Wildman–Crippen LogP) is 0.704. The molecule has 1 fully saturated rings. The number of carboxylic acids is 1. The maximum absolute atomic E-state index is 13.1. The summed E-state index contributed by atoms with van der Waals surface area (Å²) in [5.41, 5.74) is 6.97. The fourth-order valence-corrected chi connectivity index (χ4v) is 3.56. The van der Waals surface area contributed by atoms with E-state index in [1.165, 1.54) is 21.6 Å². The molecular formula is C22H21F3N10O4. The first-order valence-corrected chi connectivity index (χ1v) is 11.3. The van der Waals surface area contributed by atoms with Gasteiger partial charge in [0.15, 0.2) is 11.3 Å². The van der Waals surface area contributed by atoms with Crippen LogP contribution in [0.5, 0.6) is 0 Å². The van der Waals surface area contributed by atoms with Gasteiger partial charge >= 0.3 is 12.1 Å². The number of primary amides is 1. The summed E-state index contributed by atoms with van der Waals surface area (Å²) in [4.78, 5) is 44.6. The van der Waals surface area contributed by atoms with Crippen molar-refractivity contribution in [3.8, 4) is 5.69 Å². The molecule has 2 amide bonds. The summed E-state index contributed by atoms with van der Waals surface area (Å²) in [6.45, 7) is 3.40. The van der Waals surface area contributed by atoms with Gasteiger partial charge in [-0.05, 0) is 18.2 Å². The van der Waals surface area contributed by atoms with Crippen LogP contribution in [0.3, 0.4) is 0 Å². The molecule has 1 aliphatic rings. The number of nitrogens with two attached hydrogens (primary N) is 1. The van der Waals surface area contributed by atoms with E-state index in [0.717, 1.165) is 32.0 Å². The second-order valence-electron chi connectivity index (χ2n) is 8.01. The number of pyridine rings is 1. The van der Waals surface area contributed by atoms with E-state index in [2.05, 4.69) is 35.7 Å². The van der Waals surface area contributed by atoms with Gasteiger partial charge in [-0.3, -0.25) is 14.6 Å². The number of hydrogen-bond acceptors (Lipinski definition) is 9. The van der Waals surface area contributed by atoms with Crippen LogP contribution in [-0.2, 0) is 4.79 Å². The number of anilines is 2. The molecule has 14 nitrogen and oxygen atoms in total. The van der Waals surface area contributed by atoms with E-state index >= 15 is 0 Å². The lowest BCUT2D eigenvalue weighted by Gasteiger charge is -2.28. The summed E-state index contributed by atoms with van der Waals surface area (Å²) in [5, 5.41) is 21.6. The number of carboxylic acid groups (broad SMARTS) is 1. The maximum Gasteiger partial charge on any atom is 0.490 e. The van der Waals surface area contributed by atoms with E-state index in [1.807, 2.05) is 6.07 Å². The molecule has 0 spiro atoms. The van der Waals surface area contributed by atoms with Crippen molar-refractivity contribution in [1.82, 2.24) is 34.7 Å². The minimum Gasteiger partial charge on any atom is -0.475 e. The molecule has 4 aromatic rings. The summed E-state index contributed by atoms with van der Waals surface area (Å²) in [7, 11) is 0. The fourth-order valence-electron chi connectivity index (χ4n) is 3.56. The number of hydrogen-bond donors (Lipinski definition) is 4. The highest BCUT2D eigenvalue weighted by atomic mass is 19.4. The van der Waals surface area contributed by atoms with E-state index in [-0.39, 0.29) is 16.9 Å². The third-order valence-electron chi connectivity index (χ3n) is 5.41. The molecule has 0 aromatic carbocycles. The van der Waals surface area contributed by atoms with Crippen molar-refractivity contribution in [3.05, 3.63) is 60.4 Å². The zero-order valence-electron chi connectivity index (χ0n) is 20.0. The van der Waals surface area contributed by atoms with Crippen LogP contribution in [0.15, 0.2) is 49.2 Å². The molecule has 0 aliphatic carbocycles. The predicted molar refractivity (Wildman–Crippen MR) is 130 cm³/mol. The summed E-state index contributed by atoms with van der Waals surface area (Å²) < 4.78 is 34.7. The molecule has 0 saturated carbocycles. The fraction of sp³-hybridized carbons (Fsp3) is 0.227. The Morgan fingerprint density at radius 2 is 1.77 bits per heavy atom.